The highest BCUT2D eigenvalue weighted by Gasteiger charge is 2.03. The number of nitro benzene ring substituents is 1. The topological polar surface area (TPSA) is 69.2 Å². The monoisotopic (exact) mass is 280 g/mol. The quantitative estimate of drug-likeness (QED) is 0.375. The van der Waals surface area contributed by atoms with Crippen molar-refractivity contribution in [2.75, 3.05) is 12.3 Å². The highest BCUT2D eigenvalue weighted by atomic mass is 35.5. The van der Waals surface area contributed by atoms with Crippen LogP contribution in [0.25, 0.3) is 0 Å². The first kappa shape index (κ1) is 15.6. The predicted octanol–water partition coefficient (Wildman–Crippen LogP) is 3.11. The van der Waals surface area contributed by atoms with Crippen LogP contribution in [0.1, 0.15) is 6.42 Å². The fourth-order valence-electron chi connectivity index (χ4n) is 0.875. The van der Waals surface area contributed by atoms with E-state index in [1.807, 2.05) is 0 Å². The Kier molecular flexibility index (Phi) is 8.46. The fourth-order valence-corrected chi connectivity index (χ4v) is 2.97. The second kappa shape index (κ2) is 8.69. The molecule has 90 valence electrons. The molecule has 4 nitrogen and oxygen atoms in total. The lowest BCUT2D eigenvalue weighted by molar-refractivity contribution is -0.384. The van der Waals surface area contributed by atoms with Crippen molar-refractivity contribution >= 4 is 39.7 Å². The highest BCUT2D eigenvalue weighted by Crippen LogP contribution is 2.32. The van der Waals surface area contributed by atoms with Gasteiger partial charge in [-0.15, -0.1) is 12.4 Å². The number of nitrogens with two attached hydrogens (primary N) is 1. The van der Waals surface area contributed by atoms with Crippen LogP contribution in [-0.4, -0.2) is 17.2 Å². The maximum Gasteiger partial charge on any atom is 0.269 e. The summed E-state index contributed by atoms with van der Waals surface area (Å²) in [6.45, 7) is 0.702. The SMILES string of the molecule is Cl.NCCCSSc1ccc([N+](=O)[O-])cc1. The molecule has 0 heterocycles. The first-order valence-electron chi connectivity index (χ1n) is 4.48. The average Bonchev–Trinajstić information content (AvgIpc) is 2.25. The predicted molar refractivity (Wildman–Crippen MR) is 72.3 cm³/mol. The second-order valence-electron chi connectivity index (χ2n) is 2.80. The van der Waals surface area contributed by atoms with E-state index in [1.165, 1.54) is 12.1 Å². The van der Waals surface area contributed by atoms with E-state index in [1.54, 1.807) is 33.7 Å². The number of rotatable bonds is 6. The van der Waals surface area contributed by atoms with E-state index in [0.29, 0.717) is 6.54 Å². The molecule has 1 aromatic rings. The van der Waals surface area contributed by atoms with Crippen molar-refractivity contribution in [3.63, 3.8) is 0 Å². The van der Waals surface area contributed by atoms with Crippen LogP contribution < -0.4 is 5.73 Å². The van der Waals surface area contributed by atoms with Crippen molar-refractivity contribution in [3.8, 4) is 0 Å². The van der Waals surface area contributed by atoms with Crippen LogP contribution in [0.3, 0.4) is 0 Å². The summed E-state index contributed by atoms with van der Waals surface area (Å²) in [6.07, 6.45) is 0.991. The molecule has 2 N–H and O–H groups in total. The third kappa shape index (κ3) is 5.60. The zero-order valence-corrected chi connectivity index (χ0v) is 10.9. The van der Waals surface area contributed by atoms with Crippen molar-refractivity contribution in [2.24, 2.45) is 5.73 Å². The number of halogens is 1. The first-order chi connectivity index (χ1) is 7.24. The van der Waals surface area contributed by atoms with Crippen molar-refractivity contribution in [2.45, 2.75) is 11.3 Å². The number of benzene rings is 1. The van der Waals surface area contributed by atoms with E-state index in [2.05, 4.69) is 0 Å². The van der Waals surface area contributed by atoms with Gasteiger partial charge in [-0.05, 0) is 25.1 Å². The van der Waals surface area contributed by atoms with Gasteiger partial charge in [0.05, 0.1) is 4.92 Å². The second-order valence-corrected chi connectivity index (χ2v) is 5.29. The van der Waals surface area contributed by atoms with Gasteiger partial charge in [0.15, 0.2) is 0 Å². The van der Waals surface area contributed by atoms with Crippen LogP contribution in [0.4, 0.5) is 5.69 Å². The molecule has 0 bridgehead atoms. The van der Waals surface area contributed by atoms with Crippen molar-refractivity contribution in [3.05, 3.63) is 34.4 Å². The molecule has 1 rings (SSSR count). The van der Waals surface area contributed by atoms with Crippen molar-refractivity contribution < 1.29 is 4.92 Å². The van der Waals surface area contributed by atoms with Gasteiger partial charge in [-0.1, -0.05) is 21.6 Å². The van der Waals surface area contributed by atoms with E-state index in [9.17, 15) is 10.1 Å². The first-order valence-corrected chi connectivity index (χ1v) is 6.80. The van der Waals surface area contributed by atoms with Gasteiger partial charge in [0.1, 0.15) is 0 Å². The van der Waals surface area contributed by atoms with E-state index < -0.39 is 4.92 Å². The van der Waals surface area contributed by atoms with E-state index in [4.69, 9.17) is 5.73 Å². The van der Waals surface area contributed by atoms with Gasteiger partial charge < -0.3 is 5.73 Å². The summed E-state index contributed by atoms with van der Waals surface area (Å²) in [5, 5.41) is 10.4. The van der Waals surface area contributed by atoms with Gasteiger partial charge in [-0.25, -0.2) is 0 Å². The molecular weight excluding hydrogens is 268 g/mol. The number of hydrogen-bond acceptors (Lipinski definition) is 5. The summed E-state index contributed by atoms with van der Waals surface area (Å²) in [4.78, 5) is 11.0. The molecule has 0 aromatic heterocycles. The Bertz CT molecular complexity index is 322. The van der Waals surface area contributed by atoms with Gasteiger partial charge >= 0.3 is 0 Å². The van der Waals surface area contributed by atoms with Crippen LogP contribution in [-0.2, 0) is 0 Å². The Morgan fingerprint density at radius 3 is 2.44 bits per heavy atom. The molecule has 0 aliphatic carbocycles. The standard InChI is InChI=1S/C9H12N2O2S2.ClH/c10-6-1-7-14-15-9-4-2-8(3-5-9)11(12)13;/h2-5H,1,6-7,10H2;1H. The molecule has 1 aromatic carbocycles. The zero-order chi connectivity index (χ0) is 11.1. The molecule has 0 spiro atoms. The number of nitro groups is 1. The van der Waals surface area contributed by atoms with Crippen molar-refractivity contribution in [1.82, 2.24) is 0 Å². The van der Waals surface area contributed by atoms with Gasteiger partial charge in [0.25, 0.3) is 5.69 Å². The highest BCUT2D eigenvalue weighted by molar-refractivity contribution is 8.76. The fraction of sp³-hybridized carbons (Fsp3) is 0.333. The molecule has 0 unspecified atom stereocenters. The van der Waals surface area contributed by atoms with Crippen LogP contribution in [0, 0.1) is 10.1 Å². The van der Waals surface area contributed by atoms with Crippen LogP contribution in [0.5, 0.6) is 0 Å². The molecule has 0 saturated carbocycles. The molecule has 7 heteroatoms. The van der Waals surface area contributed by atoms with E-state index >= 15 is 0 Å². The Morgan fingerprint density at radius 1 is 1.31 bits per heavy atom. The molecular formula is C9H13ClN2O2S2. The third-order valence-corrected chi connectivity index (χ3v) is 4.10. The van der Waals surface area contributed by atoms with E-state index in [-0.39, 0.29) is 18.1 Å². The normalized spacial score (nSPS) is 9.56. The zero-order valence-electron chi connectivity index (χ0n) is 8.50. The summed E-state index contributed by atoms with van der Waals surface area (Å²) < 4.78 is 0. The Hall–Kier alpha value is -0.430. The Balaban J connectivity index is 0.00000225. The molecule has 0 amide bonds. The van der Waals surface area contributed by atoms with Gasteiger partial charge in [-0.3, -0.25) is 10.1 Å². The summed E-state index contributed by atoms with van der Waals surface area (Å²) >= 11 is 0. The summed E-state index contributed by atoms with van der Waals surface area (Å²) in [6, 6.07) is 6.56. The maximum absolute atomic E-state index is 10.4. The summed E-state index contributed by atoms with van der Waals surface area (Å²) in [5.41, 5.74) is 5.49. The smallest absolute Gasteiger partial charge is 0.269 e. The molecule has 0 fully saturated rings. The molecule has 0 radical (unpaired) electrons. The molecule has 0 atom stereocenters. The third-order valence-electron chi connectivity index (χ3n) is 1.63. The Labute approximate surface area is 108 Å². The number of hydrogen-bond donors (Lipinski definition) is 1. The summed E-state index contributed by atoms with van der Waals surface area (Å²) in [5.74, 6) is 0.998. The minimum atomic E-state index is -0.393. The largest absolute Gasteiger partial charge is 0.330 e. The van der Waals surface area contributed by atoms with Crippen LogP contribution >= 0.6 is 34.0 Å². The van der Waals surface area contributed by atoms with Crippen LogP contribution in [0.2, 0.25) is 0 Å². The lowest BCUT2D eigenvalue weighted by Gasteiger charge is -1.99. The minimum Gasteiger partial charge on any atom is -0.330 e. The number of nitrogens with zero attached hydrogens (tertiary/aromatic N) is 1. The Morgan fingerprint density at radius 2 is 1.94 bits per heavy atom. The number of non-ortho nitro benzene ring substituents is 1. The molecule has 0 aliphatic heterocycles. The van der Waals surface area contributed by atoms with Crippen LogP contribution in [0.15, 0.2) is 29.2 Å². The molecule has 0 aliphatic rings. The van der Waals surface area contributed by atoms with E-state index in [0.717, 1.165) is 17.1 Å². The average molecular weight is 281 g/mol. The minimum absolute atomic E-state index is 0. The molecule has 0 saturated heterocycles. The summed E-state index contributed by atoms with van der Waals surface area (Å²) in [7, 11) is 3.33. The lowest BCUT2D eigenvalue weighted by Crippen LogP contribution is -1.98. The van der Waals surface area contributed by atoms with Gasteiger partial charge in [0.2, 0.25) is 0 Å². The van der Waals surface area contributed by atoms with Gasteiger partial charge in [-0.2, -0.15) is 0 Å². The molecule has 16 heavy (non-hydrogen) atoms. The van der Waals surface area contributed by atoms with Crippen molar-refractivity contribution in [1.29, 1.82) is 0 Å². The maximum atomic E-state index is 10.4. The lowest BCUT2D eigenvalue weighted by atomic mass is 10.3. The van der Waals surface area contributed by atoms with Gasteiger partial charge in [0, 0.05) is 22.8 Å².